The van der Waals surface area contributed by atoms with E-state index in [0.717, 1.165) is 19.3 Å². The molecule has 1 aliphatic rings. The van der Waals surface area contributed by atoms with Gasteiger partial charge in [-0.2, -0.15) is 0 Å². The Hall–Kier alpha value is -2.67. The molecule has 30 heavy (non-hydrogen) atoms. The van der Waals surface area contributed by atoms with Gasteiger partial charge in [-0.1, -0.05) is 49.9 Å². The van der Waals surface area contributed by atoms with Gasteiger partial charge in [0.2, 0.25) is 5.91 Å². The third-order valence-corrected chi connectivity index (χ3v) is 6.26. The molecule has 0 aliphatic heterocycles. The molecule has 0 radical (unpaired) electrons. The van der Waals surface area contributed by atoms with E-state index in [4.69, 9.17) is 0 Å². The Balaban J connectivity index is 1.52. The number of nitrogens with one attached hydrogen (secondary N) is 1. The van der Waals surface area contributed by atoms with Gasteiger partial charge in [-0.25, -0.2) is 9.97 Å². The van der Waals surface area contributed by atoms with Gasteiger partial charge < -0.3 is 5.32 Å². The highest BCUT2D eigenvalue weighted by Gasteiger charge is 2.22. The fraction of sp³-hybridized carbons (Fsp3) is 0.391. The number of fused-ring (bicyclic) bond motifs is 2. The average molecular weight is 423 g/mol. The molecule has 156 valence electrons. The summed E-state index contributed by atoms with van der Waals surface area (Å²) in [5.41, 5.74) is 2.85. The van der Waals surface area contributed by atoms with Crippen LogP contribution in [-0.4, -0.2) is 26.2 Å². The summed E-state index contributed by atoms with van der Waals surface area (Å²) >= 11 is 1.30. The van der Waals surface area contributed by atoms with E-state index in [9.17, 15) is 9.59 Å². The lowest BCUT2D eigenvalue weighted by atomic mass is 9.88. The summed E-state index contributed by atoms with van der Waals surface area (Å²) in [5, 5.41) is 4.21. The van der Waals surface area contributed by atoms with Crippen LogP contribution in [0.1, 0.15) is 43.9 Å². The first kappa shape index (κ1) is 20.6. The van der Waals surface area contributed by atoms with Crippen LogP contribution in [0.3, 0.4) is 0 Å². The summed E-state index contributed by atoms with van der Waals surface area (Å²) in [6, 6.07) is 11.8. The number of hydrogen-bond acceptors (Lipinski definition) is 5. The number of benzene rings is 1. The highest BCUT2D eigenvalue weighted by atomic mass is 32.2. The van der Waals surface area contributed by atoms with Crippen molar-refractivity contribution in [1.82, 2.24) is 19.9 Å². The van der Waals surface area contributed by atoms with E-state index in [1.807, 2.05) is 12.1 Å². The van der Waals surface area contributed by atoms with E-state index >= 15 is 0 Å². The monoisotopic (exact) mass is 422 g/mol. The van der Waals surface area contributed by atoms with Crippen LogP contribution in [0.2, 0.25) is 0 Å². The van der Waals surface area contributed by atoms with Gasteiger partial charge in [-0.3, -0.25) is 14.2 Å². The Morgan fingerprint density at radius 2 is 2.10 bits per heavy atom. The van der Waals surface area contributed by atoms with Crippen molar-refractivity contribution in [3.63, 3.8) is 0 Å². The van der Waals surface area contributed by atoms with Crippen LogP contribution in [-0.2, 0) is 17.8 Å². The molecule has 0 spiro atoms. The van der Waals surface area contributed by atoms with Crippen molar-refractivity contribution in [2.24, 2.45) is 5.92 Å². The minimum absolute atomic E-state index is 0.0480. The molecule has 0 bridgehead atoms. The van der Waals surface area contributed by atoms with Crippen LogP contribution < -0.4 is 10.9 Å². The number of rotatable bonds is 6. The zero-order valence-corrected chi connectivity index (χ0v) is 18.1. The van der Waals surface area contributed by atoms with Crippen molar-refractivity contribution in [2.75, 3.05) is 5.75 Å². The number of aromatic nitrogens is 3. The van der Waals surface area contributed by atoms with Crippen LogP contribution in [0.4, 0.5) is 0 Å². The van der Waals surface area contributed by atoms with Crippen molar-refractivity contribution >= 4 is 28.7 Å². The quantitative estimate of drug-likeness (QED) is 0.484. The SMILES string of the molecule is CC(C)Cn1c(SCC(=O)N[C@@H]2CCCc3ccccc32)nc2ncccc2c1=O. The molecule has 1 N–H and O–H groups in total. The van der Waals surface area contributed by atoms with E-state index in [1.165, 1.54) is 22.9 Å². The predicted molar refractivity (Wildman–Crippen MR) is 120 cm³/mol. The number of pyridine rings is 1. The zero-order chi connectivity index (χ0) is 21.1. The summed E-state index contributed by atoms with van der Waals surface area (Å²) in [6.45, 7) is 4.67. The van der Waals surface area contributed by atoms with E-state index in [-0.39, 0.29) is 29.2 Å². The Morgan fingerprint density at radius 3 is 2.93 bits per heavy atom. The van der Waals surface area contributed by atoms with Crippen molar-refractivity contribution < 1.29 is 4.79 Å². The van der Waals surface area contributed by atoms with E-state index in [0.29, 0.717) is 22.7 Å². The van der Waals surface area contributed by atoms with Crippen molar-refractivity contribution in [3.05, 3.63) is 64.1 Å². The summed E-state index contributed by atoms with van der Waals surface area (Å²) < 4.78 is 1.67. The first-order valence-electron chi connectivity index (χ1n) is 10.4. The smallest absolute Gasteiger partial charge is 0.263 e. The Kier molecular flexibility index (Phi) is 6.18. The van der Waals surface area contributed by atoms with Gasteiger partial charge in [-0.15, -0.1) is 0 Å². The number of nitrogens with zero attached hydrogens (tertiary/aromatic N) is 3. The van der Waals surface area contributed by atoms with Crippen LogP contribution in [0.5, 0.6) is 0 Å². The minimum Gasteiger partial charge on any atom is -0.349 e. The second-order valence-electron chi connectivity index (χ2n) is 8.08. The molecule has 1 aromatic carbocycles. The Bertz CT molecular complexity index is 1130. The van der Waals surface area contributed by atoms with Gasteiger partial charge >= 0.3 is 0 Å². The third-order valence-electron chi connectivity index (χ3n) is 5.28. The highest BCUT2D eigenvalue weighted by Crippen LogP contribution is 2.29. The third kappa shape index (κ3) is 4.41. The molecule has 7 heteroatoms. The number of carbonyl (C=O) groups is 1. The van der Waals surface area contributed by atoms with Gasteiger partial charge in [0.05, 0.1) is 17.2 Å². The van der Waals surface area contributed by atoms with Crippen LogP contribution in [0.25, 0.3) is 11.0 Å². The predicted octanol–water partition coefficient (Wildman–Crippen LogP) is 3.73. The number of thioether (sulfide) groups is 1. The topological polar surface area (TPSA) is 76.9 Å². The lowest BCUT2D eigenvalue weighted by molar-refractivity contribution is -0.119. The number of aryl methyl sites for hydroxylation is 1. The van der Waals surface area contributed by atoms with Crippen molar-refractivity contribution in [3.8, 4) is 0 Å². The maximum Gasteiger partial charge on any atom is 0.263 e. The van der Waals surface area contributed by atoms with Gasteiger partial charge in [-0.05, 0) is 48.4 Å². The normalized spacial score (nSPS) is 15.9. The van der Waals surface area contributed by atoms with Crippen LogP contribution in [0.15, 0.2) is 52.5 Å². The maximum absolute atomic E-state index is 13.0. The molecule has 0 saturated carbocycles. The number of hydrogen-bond donors (Lipinski definition) is 1. The molecular weight excluding hydrogens is 396 g/mol. The first-order valence-corrected chi connectivity index (χ1v) is 11.4. The van der Waals surface area contributed by atoms with Crippen LogP contribution in [0, 0.1) is 5.92 Å². The molecule has 6 nitrogen and oxygen atoms in total. The summed E-state index contributed by atoms with van der Waals surface area (Å²) in [6.07, 6.45) is 4.71. The second-order valence-corrected chi connectivity index (χ2v) is 9.02. The molecule has 1 atom stereocenters. The maximum atomic E-state index is 13.0. The van der Waals surface area contributed by atoms with Gasteiger partial charge in [0.25, 0.3) is 5.56 Å². The molecule has 1 amide bonds. The van der Waals surface area contributed by atoms with E-state index in [2.05, 4.69) is 41.3 Å². The molecule has 1 aliphatic carbocycles. The van der Waals surface area contributed by atoms with Crippen molar-refractivity contribution in [1.29, 1.82) is 0 Å². The fourth-order valence-electron chi connectivity index (χ4n) is 3.94. The second kappa shape index (κ2) is 9.00. The highest BCUT2D eigenvalue weighted by molar-refractivity contribution is 7.99. The molecule has 2 aromatic heterocycles. The number of carbonyl (C=O) groups excluding carboxylic acids is 1. The van der Waals surface area contributed by atoms with Crippen LogP contribution >= 0.6 is 11.8 Å². The molecule has 0 unspecified atom stereocenters. The molecular formula is C23H26N4O2S. The lowest BCUT2D eigenvalue weighted by Gasteiger charge is -2.26. The van der Waals surface area contributed by atoms with Gasteiger partial charge in [0, 0.05) is 12.7 Å². The van der Waals surface area contributed by atoms with Gasteiger partial charge in [0.1, 0.15) is 0 Å². The standard InChI is InChI=1S/C23H26N4O2S/c1-15(2)13-27-22(29)18-10-6-12-24-21(18)26-23(27)30-14-20(28)25-19-11-5-8-16-7-3-4-9-17(16)19/h3-4,6-7,9-10,12,15,19H,5,8,11,13-14H2,1-2H3,(H,25,28)/t19-/m1/s1. The summed E-state index contributed by atoms with van der Waals surface area (Å²) in [5.74, 6) is 0.445. The van der Waals surface area contributed by atoms with E-state index < -0.39 is 0 Å². The first-order chi connectivity index (χ1) is 14.5. The summed E-state index contributed by atoms with van der Waals surface area (Å²) in [7, 11) is 0. The Labute approximate surface area is 180 Å². The zero-order valence-electron chi connectivity index (χ0n) is 17.3. The molecule has 0 saturated heterocycles. The largest absolute Gasteiger partial charge is 0.349 e. The fourth-order valence-corrected chi connectivity index (χ4v) is 4.75. The average Bonchev–Trinajstić information content (AvgIpc) is 2.74. The molecule has 4 rings (SSSR count). The molecule has 0 fully saturated rings. The van der Waals surface area contributed by atoms with E-state index in [1.54, 1.807) is 22.9 Å². The van der Waals surface area contributed by atoms with Gasteiger partial charge in [0.15, 0.2) is 10.8 Å². The summed E-state index contributed by atoms with van der Waals surface area (Å²) in [4.78, 5) is 34.5. The molecule has 2 heterocycles. The lowest BCUT2D eigenvalue weighted by Crippen LogP contribution is -2.32. The number of amides is 1. The molecule has 3 aromatic rings. The van der Waals surface area contributed by atoms with Crippen molar-refractivity contribution in [2.45, 2.75) is 50.9 Å². The minimum atomic E-state index is -0.106. The Morgan fingerprint density at radius 1 is 1.27 bits per heavy atom.